The van der Waals surface area contributed by atoms with Gasteiger partial charge in [-0.3, -0.25) is 4.68 Å². The third-order valence-corrected chi connectivity index (χ3v) is 9.20. The normalized spacial score (nSPS) is 13.8. The molecule has 5 aromatic rings. The summed E-state index contributed by atoms with van der Waals surface area (Å²) in [4.78, 5) is 14.1. The summed E-state index contributed by atoms with van der Waals surface area (Å²) in [6, 6.07) is 14.3. The first kappa shape index (κ1) is 32.1. The number of rotatable bonds is 10. The highest BCUT2D eigenvalue weighted by molar-refractivity contribution is 6.35. The number of carbonyl (C=O) groups excluding carboxylic acids is 1. The van der Waals surface area contributed by atoms with Gasteiger partial charge >= 0.3 is 5.97 Å². The Kier molecular flexibility index (Phi) is 8.87. The topological polar surface area (TPSA) is 70.3 Å². The number of halogens is 2. The van der Waals surface area contributed by atoms with Crippen LogP contribution in [0.5, 0.6) is 5.75 Å². The third-order valence-electron chi connectivity index (χ3n) is 8.89. The van der Waals surface area contributed by atoms with Gasteiger partial charge in [0, 0.05) is 41.2 Å². The lowest BCUT2D eigenvalue weighted by Gasteiger charge is -2.28. The van der Waals surface area contributed by atoms with E-state index < -0.39 is 5.60 Å². The van der Waals surface area contributed by atoms with E-state index in [2.05, 4.69) is 9.88 Å². The second-order valence-corrected chi connectivity index (χ2v) is 13.8. The molecule has 2 aromatic heterocycles. The van der Waals surface area contributed by atoms with Gasteiger partial charge in [0.05, 0.1) is 22.8 Å². The minimum Gasteiger partial charge on any atom is -0.493 e. The Morgan fingerprint density at radius 1 is 1.09 bits per heavy atom. The maximum Gasteiger partial charge on any atom is 0.355 e. The zero-order chi connectivity index (χ0) is 32.7. The van der Waals surface area contributed by atoms with Gasteiger partial charge in [0.25, 0.3) is 0 Å². The van der Waals surface area contributed by atoms with Crippen molar-refractivity contribution in [2.45, 2.75) is 66.0 Å². The molecule has 1 fully saturated rings. The molecule has 0 unspecified atom stereocenters. The molecule has 1 N–H and O–H groups in total. The van der Waals surface area contributed by atoms with E-state index in [-0.39, 0.29) is 11.8 Å². The molecular weight excluding hydrogens is 603 g/mol. The van der Waals surface area contributed by atoms with Gasteiger partial charge in [0.2, 0.25) is 0 Å². The molecule has 0 bridgehead atoms. The quantitative estimate of drug-likeness (QED) is 0.123. The molecule has 1 aliphatic rings. The van der Waals surface area contributed by atoms with Crippen molar-refractivity contribution >= 4 is 39.2 Å². The van der Waals surface area contributed by atoms with E-state index in [9.17, 15) is 9.18 Å². The number of nitrogens with zero attached hydrogens (tertiary/aromatic N) is 3. The van der Waals surface area contributed by atoms with Gasteiger partial charge < -0.3 is 19.4 Å². The molecule has 6 rings (SSSR count). The molecule has 0 aliphatic carbocycles. The number of aromatic nitrogens is 3. The Morgan fingerprint density at radius 3 is 2.52 bits per heavy atom. The van der Waals surface area contributed by atoms with Crippen LogP contribution in [0.2, 0.25) is 5.02 Å². The second kappa shape index (κ2) is 12.7. The SMILES string of the molecule is Cc1nn(C)c(C)c1-c1c(Cl)ccc2c(CCCOc3cccc4cc(F)ccc34)c(C(=O)OC(C)(C)C)n(CCC3CNC3)c12. The molecule has 0 saturated carbocycles. The standard InChI is InChI=1S/C37H42ClFN4O3/c1-22-32(23(2)42(6)41-22)33-30(38)15-14-29-28(10-8-18-45-31-11-7-9-25-19-26(39)12-13-27(25)31)35(36(44)46-37(3,4)5)43(34(29)33)17-16-24-20-40-21-24/h7,9,11-15,19,24,40H,8,10,16-18,20-21H2,1-6H3. The fourth-order valence-corrected chi connectivity index (χ4v) is 6.80. The first-order valence-electron chi connectivity index (χ1n) is 16.0. The van der Waals surface area contributed by atoms with Gasteiger partial charge in [0.1, 0.15) is 22.9 Å². The lowest BCUT2D eigenvalue weighted by molar-refractivity contribution is 0.00563. The number of hydrogen-bond donors (Lipinski definition) is 1. The Balaban J connectivity index is 1.44. The molecule has 0 radical (unpaired) electrons. The highest BCUT2D eigenvalue weighted by Crippen LogP contribution is 2.42. The van der Waals surface area contributed by atoms with E-state index in [1.165, 1.54) is 12.1 Å². The minimum absolute atomic E-state index is 0.277. The van der Waals surface area contributed by atoms with Crippen molar-refractivity contribution in [1.29, 1.82) is 0 Å². The number of benzene rings is 3. The van der Waals surface area contributed by atoms with E-state index in [1.807, 2.05) is 76.7 Å². The van der Waals surface area contributed by atoms with Crippen molar-refractivity contribution < 1.29 is 18.7 Å². The van der Waals surface area contributed by atoms with E-state index in [0.717, 1.165) is 69.3 Å². The zero-order valence-corrected chi connectivity index (χ0v) is 28.2. The Hall–Kier alpha value is -3.88. The van der Waals surface area contributed by atoms with Crippen LogP contribution in [0.25, 0.3) is 32.8 Å². The van der Waals surface area contributed by atoms with Crippen molar-refractivity contribution in [3.05, 3.63) is 82.0 Å². The first-order chi connectivity index (χ1) is 21.9. The smallest absolute Gasteiger partial charge is 0.355 e. The minimum atomic E-state index is -0.665. The monoisotopic (exact) mass is 644 g/mol. The number of aryl methyl sites for hydroxylation is 4. The fourth-order valence-electron chi connectivity index (χ4n) is 6.55. The van der Waals surface area contributed by atoms with Crippen molar-refractivity contribution in [3.63, 3.8) is 0 Å². The van der Waals surface area contributed by atoms with E-state index in [0.29, 0.717) is 48.4 Å². The molecular formula is C37H42ClFN4O3. The highest BCUT2D eigenvalue weighted by Gasteiger charge is 2.31. The van der Waals surface area contributed by atoms with Crippen molar-refractivity contribution in [2.24, 2.45) is 13.0 Å². The number of nitrogens with one attached hydrogen (secondary N) is 1. The van der Waals surface area contributed by atoms with Crippen LogP contribution in [0.4, 0.5) is 4.39 Å². The number of hydrogen-bond acceptors (Lipinski definition) is 5. The third kappa shape index (κ3) is 6.25. The molecule has 3 heterocycles. The predicted molar refractivity (Wildman–Crippen MR) is 182 cm³/mol. The molecule has 0 atom stereocenters. The highest BCUT2D eigenvalue weighted by atomic mass is 35.5. The maximum atomic E-state index is 14.1. The Labute approximate surface area is 274 Å². The molecule has 7 nitrogen and oxygen atoms in total. The van der Waals surface area contributed by atoms with Gasteiger partial charge in [-0.2, -0.15) is 5.10 Å². The molecule has 242 valence electrons. The first-order valence-corrected chi connectivity index (χ1v) is 16.4. The van der Waals surface area contributed by atoms with E-state index in [1.54, 1.807) is 6.07 Å². The summed E-state index contributed by atoms with van der Waals surface area (Å²) in [5, 5.41) is 11.3. The molecule has 9 heteroatoms. The molecule has 0 spiro atoms. The summed E-state index contributed by atoms with van der Waals surface area (Å²) >= 11 is 7.04. The number of fused-ring (bicyclic) bond motifs is 2. The van der Waals surface area contributed by atoms with E-state index >= 15 is 0 Å². The van der Waals surface area contributed by atoms with Gasteiger partial charge in [-0.05, 0) is 114 Å². The largest absolute Gasteiger partial charge is 0.493 e. The van der Waals surface area contributed by atoms with Gasteiger partial charge in [-0.15, -0.1) is 0 Å². The van der Waals surface area contributed by atoms with Crippen LogP contribution in [0.3, 0.4) is 0 Å². The lowest BCUT2D eigenvalue weighted by Crippen LogP contribution is -2.42. The fraction of sp³-hybridized carbons (Fsp3) is 0.405. The van der Waals surface area contributed by atoms with Gasteiger partial charge in [-0.25, -0.2) is 9.18 Å². The van der Waals surface area contributed by atoms with Crippen LogP contribution in [-0.4, -0.2) is 45.6 Å². The number of carbonyl (C=O) groups is 1. The summed E-state index contributed by atoms with van der Waals surface area (Å²) in [5.41, 5.74) is 5.54. The van der Waals surface area contributed by atoms with Crippen LogP contribution in [0, 0.1) is 25.6 Å². The molecule has 1 aliphatic heterocycles. The van der Waals surface area contributed by atoms with Crippen molar-refractivity contribution in [3.8, 4) is 16.9 Å². The Bertz CT molecular complexity index is 1930. The predicted octanol–water partition coefficient (Wildman–Crippen LogP) is 8.18. The van der Waals surface area contributed by atoms with Crippen LogP contribution in [-0.2, 0) is 24.8 Å². The van der Waals surface area contributed by atoms with Crippen LogP contribution >= 0.6 is 11.6 Å². The molecule has 46 heavy (non-hydrogen) atoms. The van der Waals surface area contributed by atoms with Crippen LogP contribution < -0.4 is 10.1 Å². The maximum absolute atomic E-state index is 14.1. The molecule has 1 saturated heterocycles. The van der Waals surface area contributed by atoms with Crippen molar-refractivity contribution in [1.82, 2.24) is 19.7 Å². The summed E-state index contributed by atoms with van der Waals surface area (Å²) in [5.74, 6) is 0.627. The summed E-state index contributed by atoms with van der Waals surface area (Å²) in [6.45, 7) is 12.8. The van der Waals surface area contributed by atoms with Crippen LogP contribution in [0.15, 0.2) is 48.5 Å². The summed E-state index contributed by atoms with van der Waals surface area (Å²) < 4.78 is 30.2. The molecule has 3 aromatic carbocycles. The molecule has 0 amide bonds. The second-order valence-electron chi connectivity index (χ2n) is 13.4. The number of ether oxygens (including phenoxy) is 2. The average Bonchev–Trinajstić information content (AvgIpc) is 3.41. The lowest BCUT2D eigenvalue weighted by atomic mass is 9.98. The van der Waals surface area contributed by atoms with E-state index in [4.69, 9.17) is 26.2 Å². The summed E-state index contributed by atoms with van der Waals surface area (Å²) in [6.07, 6.45) is 2.17. The zero-order valence-electron chi connectivity index (χ0n) is 27.5. The Morgan fingerprint density at radius 2 is 1.85 bits per heavy atom. The average molecular weight is 645 g/mol. The van der Waals surface area contributed by atoms with Gasteiger partial charge in [0.15, 0.2) is 0 Å². The number of esters is 1. The summed E-state index contributed by atoms with van der Waals surface area (Å²) in [7, 11) is 1.94. The van der Waals surface area contributed by atoms with Crippen LogP contribution in [0.1, 0.15) is 61.1 Å². The van der Waals surface area contributed by atoms with Gasteiger partial charge in [-0.1, -0.05) is 29.8 Å². The van der Waals surface area contributed by atoms with Crippen molar-refractivity contribution in [2.75, 3.05) is 19.7 Å².